The van der Waals surface area contributed by atoms with E-state index in [0.29, 0.717) is 0 Å². The Balaban J connectivity index is 2.26. The summed E-state index contributed by atoms with van der Waals surface area (Å²) in [5, 5.41) is 3.44. The van der Waals surface area contributed by atoms with Gasteiger partial charge in [0.2, 0.25) is 0 Å². The molecule has 0 bridgehead atoms. The maximum atomic E-state index is 12.3. The van der Waals surface area contributed by atoms with Crippen molar-refractivity contribution in [2.75, 3.05) is 6.54 Å². The molecule has 1 aliphatic rings. The molecule has 1 N–H and O–H groups in total. The van der Waals surface area contributed by atoms with E-state index in [1.165, 1.54) is 12.1 Å². The van der Waals surface area contributed by atoms with Crippen molar-refractivity contribution < 1.29 is 17.9 Å². The number of rotatable bonds is 4. The Labute approximate surface area is 111 Å². The second kappa shape index (κ2) is 5.41. The number of halogens is 3. The molecule has 106 valence electrons. The first kappa shape index (κ1) is 14.2. The summed E-state index contributed by atoms with van der Waals surface area (Å²) in [4.78, 5) is 0. The van der Waals surface area contributed by atoms with Gasteiger partial charge in [0.15, 0.2) is 0 Å². The first-order chi connectivity index (χ1) is 8.95. The lowest BCUT2D eigenvalue weighted by molar-refractivity contribution is -0.274. The standard InChI is InChI=1S/C14H18F3NO/c1-2-7-13(8-4-9-18-13)11-5-3-6-12(10-11)19-14(15,16)17/h3,5-6,10,18H,2,4,7-9H2,1H3. The van der Waals surface area contributed by atoms with Crippen LogP contribution in [0.4, 0.5) is 13.2 Å². The third-order valence-corrected chi connectivity index (χ3v) is 3.54. The maximum Gasteiger partial charge on any atom is 0.573 e. The molecule has 1 aromatic carbocycles. The van der Waals surface area contributed by atoms with E-state index >= 15 is 0 Å². The minimum Gasteiger partial charge on any atom is -0.406 e. The second-order valence-electron chi connectivity index (χ2n) is 4.94. The molecule has 0 spiro atoms. The van der Waals surface area contributed by atoms with Crippen LogP contribution in [0.1, 0.15) is 38.2 Å². The van der Waals surface area contributed by atoms with Gasteiger partial charge in [-0.05, 0) is 43.5 Å². The Morgan fingerprint density at radius 1 is 1.37 bits per heavy atom. The molecule has 0 aromatic heterocycles. The summed E-state index contributed by atoms with van der Waals surface area (Å²) in [5.74, 6) is -0.144. The normalized spacial score (nSPS) is 23.6. The van der Waals surface area contributed by atoms with Crippen molar-refractivity contribution >= 4 is 0 Å². The summed E-state index contributed by atoms with van der Waals surface area (Å²) in [6.45, 7) is 2.99. The van der Waals surface area contributed by atoms with E-state index in [1.54, 1.807) is 6.07 Å². The number of hydrogen-bond acceptors (Lipinski definition) is 2. The fourth-order valence-electron chi connectivity index (χ4n) is 2.83. The van der Waals surface area contributed by atoms with Gasteiger partial charge in [0, 0.05) is 5.54 Å². The SMILES string of the molecule is CCCC1(c2cccc(OC(F)(F)F)c2)CCCN1. The van der Waals surface area contributed by atoms with E-state index < -0.39 is 6.36 Å². The number of benzene rings is 1. The Morgan fingerprint density at radius 3 is 2.74 bits per heavy atom. The van der Waals surface area contributed by atoms with Crippen LogP contribution in [0.2, 0.25) is 0 Å². The van der Waals surface area contributed by atoms with Crippen LogP contribution in [-0.2, 0) is 5.54 Å². The van der Waals surface area contributed by atoms with Crippen molar-refractivity contribution in [2.45, 2.75) is 44.5 Å². The zero-order chi connectivity index (χ0) is 13.9. The van der Waals surface area contributed by atoms with Crippen molar-refractivity contribution in [3.05, 3.63) is 29.8 Å². The second-order valence-corrected chi connectivity index (χ2v) is 4.94. The van der Waals surface area contributed by atoms with Gasteiger partial charge in [-0.1, -0.05) is 25.5 Å². The van der Waals surface area contributed by atoms with Gasteiger partial charge in [0.25, 0.3) is 0 Å². The summed E-state index contributed by atoms with van der Waals surface area (Å²) >= 11 is 0. The van der Waals surface area contributed by atoms with Crippen LogP contribution < -0.4 is 10.1 Å². The third kappa shape index (κ3) is 3.41. The molecule has 1 saturated heterocycles. The van der Waals surface area contributed by atoms with Gasteiger partial charge in [-0.2, -0.15) is 0 Å². The van der Waals surface area contributed by atoms with Crippen LogP contribution in [0.3, 0.4) is 0 Å². The van der Waals surface area contributed by atoms with Crippen molar-refractivity contribution in [1.82, 2.24) is 5.32 Å². The number of alkyl halides is 3. The van der Waals surface area contributed by atoms with Gasteiger partial charge in [0.1, 0.15) is 5.75 Å². The Bertz CT molecular complexity index is 425. The highest BCUT2D eigenvalue weighted by molar-refractivity contribution is 5.34. The molecule has 1 aromatic rings. The average Bonchev–Trinajstić information content (AvgIpc) is 2.77. The molecule has 0 radical (unpaired) electrons. The van der Waals surface area contributed by atoms with E-state index in [4.69, 9.17) is 0 Å². The van der Waals surface area contributed by atoms with Crippen LogP contribution in [0, 0.1) is 0 Å². The molecular weight excluding hydrogens is 255 g/mol. The van der Waals surface area contributed by atoms with Gasteiger partial charge in [-0.3, -0.25) is 0 Å². The highest BCUT2D eigenvalue weighted by atomic mass is 19.4. The Hall–Kier alpha value is -1.23. The van der Waals surface area contributed by atoms with Crippen LogP contribution in [0.25, 0.3) is 0 Å². The largest absolute Gasteiger partial charge is 0.573 e. The number of hydrogen-bond donors (Lipinski definition) is 1. The van der Waals surface area contributed by atoms with Crippen molar-refractivity contribution in [3.8, 4) is 5.75 Å². The molecule has 1 heterocycles. The molecular formula is C14H18F3NO. The molecule has 0 amide bonds. The van der Waals surface area contributed by atoms with E-state index in [1.807, 2.05) is 6.07 Å². The maximum absolute atomic E-state index is 12.3. The fourth-order valence-corrected chi connectivity index (χ4v) is 2.83. The smallest absolute Gasteiger partial charge is 0.406 e. The zero-order valence-corrected chi connectivity index (χ0v) is 10.9. The molecule has 2 rings (SSSR count). The lowest BCUT2D eigenvalue weighted by atomic mass is 9.84. The summed E-state index contributed by atoms with van der Waals surface area (Å²) in [6, 6.07) is 6.33. The third-order valence-electron chi connectivity index (χ3n) is 3.54. The molecule has 1 unspecified atom stereocenters. The van der Waals surface area contributed by atoms with Gasteiger partial charge in [-0.25, -0.2) is 0 Å². The molecule has 2 nitrogen and oxygen atoms in total. The van der Waals surface area contributed by atoms with Crippen LogP contribution in [0.15, 0.2) is 24.3 Å². The Kier molecular flexibility index (Phi) is 4.04. The van der Waals surface area contributed by atoms with E-state index in [2.05, 4.69) is 17.0 Å². The van der Waals surface area contributed by atoms with Crippen molar-refractivity contribution in [1.29, 1.82) is 0 Å². The van der Waals surface area contributed by atoms with E-state index in [0.717, 1.165) is 37.8 Å². The lowest BCUT2D eigenvalue weighted by Crippen LogP contribution is -2.36. The minimum absolute atomic E-state index is 0.144. The van der Waals surface area contributed by atoms with E-state index in [-0.39, 0.29) is 11.3 Å². The van der Waals surface area contributed by atoms with Crippen molar-refractivity contribution in [2.24, 2.45) is 0 Å². The van der Waals surface area contributed by atoms with Crippen LogP contribution in [-0.4, -0.2) is 12.9 Å². The first-order valence-corrected chi connectivity index (χ1v) is 6.56. The molecule has 1 atom stereocenters. The zero-order valence-electron chi connectivity index (χ0n) is 10.9. The number of nitrogens with one attached hydrogen (secondary N) is 1. The fraction of sp³-hybridized carbons (Fsp3) is 0.571. The van der Waals surface area contributed by atoms with Crippen molar-refractivity contribution in [3.63, 3.8) is 0 Å². The molecule has 1 fully saturated rings. The van der Waals surface area contributed by atoms with Gasteiger partial charge >= 0.3 is 6.36 Å². The molecule has 0 saturated carbocycles. The summed E-state index contributed by atoms with van der Waals surface area (Å²) in [7, 11) is 0. The molecule has 1 aliphatic heterocycles. The predicted octanol–water partition coefficient (Wildman–Crippen LogP) is 3.96. The van der Waals surface area contributed by atoms with Crippen LogP contribution >= 0.6 is 0 Å². The molecule has 0 aliphatic carbocycles. The van der Waals surface area contributed by atoms with E-state index in [9.17, 15) is 13.2 Å². The van der Waals surface area contributed by atoms with Gasteiger partial charge in [-0.15, -0.1) is 13.2 Å². The lowest BCUT2D eigenvalue weighted by Gasteiger charge is -2.30. The summed E-state index contributed by atoms with van der Waals surface area (Å²) in [5.41, 5.74) is 0.688. The highest BCUT2D eigenvalue weighted by Gasteiger charge is 2.35. The topological polar surface area (TPSA) is 21.3 Å². The monoisotopic (exact) mass is 273 g/mol. The highest BCUT2D eigenvalue weighted by Crippen LogP contribution is 2.37. The minimum atomic E-state index is -4.64. The molecule has 19 heavy (non-hydrogen) atoms. The summed E-state index contributed by atoms with van der Waals surface area (Å²) in [6.07, 6.45) is -0.736. The summed E-state index contributed by atoms with van der Waals surface area (Å²) < 4.78 is 40.8. The predicted molar refractivity (Wildman–Crippen MR) is 66.9 cm³/mol. The number of ether oxygens (including phenoxy) is 1. The quantitative estimate of drug-likeness (QED) is 0.896. The van der Waals surface area contributed by atoms with Gasteiger partial charge < -0.3 is 10.1 Å². The first-order valence-electron chi connectivity index (χ1n) is 6.56. The van der Waals surface area contributed by atoms with Crippen LogP contribution in [0.5, 0.6) is 5.75 Å². The average molecular weight is 273 g/mol. The van der Waals surface area contributed by atoms with Gasteiger partial charge in [0.05, 0.1) is 0 Å². The molecule has 5 heteroatoms. The Morgan fingerprint density at radius 2 is 2.16 bits per heavy atom.